The molecule has 3 amide bonds. The number of piperidine rings is 1. The first-order valence-electron chi connectivity index (χ1n) is 10.8. The molecule has 0 spiro atoms. The molecule has 1 atom stereocenters. The SMILES string of the molecule is O=C1CCC(N2Cc3c(C#CCC4(N5CCNCC5)CC4)cccc3C2=O)C(=O)N1. The van der Waals surface area contributed by atoms with Gasteiger partial charge in [-0.05, 0) is 37.0 Å². The van der Waals surface area contributed by atoms with E-state index >= 15 is 0 Å². The maximum absolute atomic E-state index is 12.9. The van der Waals surface area contributed by atoms with Crippen molar-refractivity contribution in [3.05, 3.63) is 34.9 Å². The Bertz CT molecular complexity index is 966. The van der Waals surface area contributed by atoms with E-state index in [2.05, 4.69) is 27.4 Å². The van der Waals surface area contributed by atoms with Crippen LogP contribution >= 0.6 is 0 Å². The van der Waals surface area contributed by atoms with Crippen molar-refractivity contribution in [3.63, 3.8) is 0 Å². The molecule has 1 aromatic carbocycles. The molecule has 0 bridgehead atoms. The molecule has 1 aromatic rings. The number of benzene rings is 1. The van der Waals surface area contributed by atoms with E-state index in [1.807, 2.05) is 12.1 Å². The van der Waals surface area contributed by atoms with Gasteiger partial charge in [-0.2, -0.15) is 0 Å². The van der Waals surface area contributed by atoms with Gasteiger partial charge in [0.25, 0.3) is 5.91 Å². The predicted molar refractivity (Wildman–Crippen MR) is 110 cm³/mol. The number of fused-ring (bicyclic) bond motifs is 1. The summed E-state index contributed by atoms with van der Waals surface area (Å²) in [6, 6.07) is 5.03. The van der Waals surface area contributed by atoms with Gasteiger partial charge >= 0.3 is 0 Å². The standard InChI is InChI=1S/C23H26N4O3/c28-20-7-6-19(21(29)25-20)27-15-18-16(3-1-5-17(18)22(27)30)4-2-8-23(9-10-23)26-13-11-24-12-14-26/h1,3,5,19,24H,6-15H2,(H,25,28,29). The van der Waals surface area contributed by atoms with E-state index in [-0.39, 0.29) is 29.7 Å². The summed E-state index contributed by atoms with van der Waals surface area (Å²) in [4.78, 5) is 40.8. The smallest absolute Gasteiger partial charge is 0.255 e. The number of nitrogens with zero attached hydrogens (tertiary/aromatic N) is 2. The molecular formula is C23H26N4O3. The van der Waals surface area contributed by atoms with Gasteiger partial charge in [-0.3, -0.25) is 24.6 Å². The van der Waals surface area contributed by atoms with Crippen molar-refractivity contribution < 1.29 is 14.4 Å². The van der Waals surface area contributed by atoms with Crippen LogP contribution in [0, 0.1) is 11.8 Å². The molecule has 1 aliphatic carbocycles. The Hall–Kier alpha value is -2.69. The van der Waals surface area contributed by atoms with Crippen LogP contribution in [0.15, 0.2) is 18.2 Å². The number of piperazine rings is 1. The largest absolute Gasteiger partial charge is 0.322 e. The quantitative estimate of drug-likeness (QED) is 0.568. The molecule has 7 nitrogen and oxygen atoms in total. The van der Waals surface area contributed by atoms with E-state index in [0.29, 0.717) is 18.5 Å². The molecule has 3 fully saturated rings. The van der Waals surface area contributed by atoms with Gasteiger partial charge in [0.05, 0.1) is 0 Å². The zero-order valence-electron chi connectivity index (χ0n) is 17.0. The van der Waals surface area contributed by atoms with Gasteiger partial charge in [-0.25, -0.2) is 0 Å². The highest BCUT2D eigenvalue weighted by Gasteiger charge is 2.47. The molecule has 1 saturated carbocycles. The molecule has 0 radical (unpaired) electrons. The molecule has 7 heteroatoms. The lowest BCUT2D eigenvalue weighted by molar-refractivity contribution is -0.136. The highest BCUT2D eigenvalue weighted by atomic mass is 16.2. The zero-order valence-corrected chi connectivity index (χ0v) is 17.0. The first-order valence-corrected chi connectivity index (χ1v) is 10.8. The normalized spacial score (nSPS) is 25.4. The number of carbonyl (C=O) groups is 3. The van der Waals surface area contributed by atoms with Crippen molar-refractivity contribution in [2.75, 3.05) is 26.2 Å². The molecule has 2 N–H and O–H groups in total. The van der Waals surface area contributed by atoms with Gasteiger partial charge in [0.1, 0.15) is 6.04 Å². The number of rotatable bonds is 3. The minimum absolute atomic E-state index is 0.150. The minimum atomic E-state index is -0.592. The molecule has 1 unspecified atom stereocenters. The molecule has 3 heterocycles. The van der Waals surface area contributed by atoms with Crippen molar-refractivity contribution in [2.24, 2.45) is 0 Å². The first-order chi connectivity index (χ1) is 14.6. The van der Waals surface area contributed by atoms with Gasteiger partial charge in [0.15, 0.2) is 0 Å². The maximum Gasteiger partial charge on any atom is 0.255 e. The lowest BCUT2D eigenvalue weighted by Gasteiger charge is -2.34. The number of amides is 3. The topological polar surface area (TPSA) is 81.8 Å². The maximum atomic E-state index is 12.9. The summed E-state index contributed by atoms with van der Waals surface area (Å²) in [5.74, 6) is 5.90. The number of hydrogen-bond acceptors (Lipinski definition) is 5. The van der Waals surface area contributed by atoms with Gasteiger partial charge in [-0.15, -0.1) is 0 Å². The van der Waals surface area contributed by atoms with Crippen LogP contribution in [0.2, 0.25) is 0 Å². The van der Waals surface area contributed by atoms with Gasteiger partial charge < -0.3 is 10.2 Å². The average Bonchev–Trinajstić information content (AvgIpc) is 3.47. The van der Waals surface area contributed by atoms with Crippen molar-refractivity contribution in [2.45, 2.75) is 50.2 Å². The van der Waals surface area contributed by atoms with Crippen LogP contribution in [-0.2, 0) is 16.1 Å². The number of nitrogens with one attached hydrogen (secondary N) is 2. The fraction of sp³-hybridized carbons (Fsp3) is 0.522. The summed E-state index contributed by atoms with van der Waals surface area (Å²) < 4.78 is 0. The van der Waals surface area contributed by atoms with Crippen LogP contribution in [-0.4, -0.2) is 65.3 Å². The van der Waals surface area contributed by atoms with Crippen molar-refractivity contribution >= 4 is 17.7 Å². The van der Waals surface area contributed by atoms with Crippen LogP contribution in [0.1, 0.15) is 53.6 Å². The van der Waals surface area contributed by atoms with E-state index in [0.717, 1.165) is 43.7 Å². The third kappa shape index (κ3) is 3.40. The Labute approximate surface area is 176 Å². The third-order valence-corrected chi connectivity index (χ3v) is 6.84. The molecule has 4 aliphatic rings. The lowest BCUT2D eigenvalue weighted by atomic mass is 10.0. The Morgan fingerprint density at radius 3 is 2.67 bits per heavy atom. The second kappa shape index (κ2) is 7.53. The van der Waals surface area contributed by atoms with Crippen molar-refractivity contribution in [3.8, 4) is 11.8 Å². The summed E-state index contributed by atoms with van der Waals surface area (Å²) in [6.07, 6.45) is 3.89. The summed E-state index contributed by atoms with van der Waals surface area (Å²) in [5, 5.41) is 5.75. The monoisotopic (exact) mass is 406 g/mol. The van der Waals surface area contributed by atoms with E-state index < -0.39 is 6.04 Å². The molecule has 2 saturated heterocycles. The summed E-state index contributed by atoms with van der Waals surface area (Å²) in [5.41, 5.74) is 2.62. The highest BCUT2D eigenvalue weighted by molar-refractivity contribution is 6.05. The average molecular weight is 406 g/mol. The summed E-state index contributed by atoms with van der Waals surface area (Å²) in [7, 11) is 0. The van der Waals surface area contributed by atoms with Crippen molar-refractivity contribution in [1.82, 2.24) is 20.4 Å². The molecule has 30 heavy (non-hydrogen) atoms. The number of imide groups is 1. The summed E-state index contributed by atoms with van der Waals surface area (Å²) in [6.45, 7) is 4.61. The second-order valence-electron chi connectivity index (χ2n) is 8.67. The fourth-order valence-electron chi connectivity index (χ4n) is 4.89. The predicted octanol–water partition coefficient (Wildman–Crippen LogP) is 0.627. The van der Waals surface area contributed by atoms with Crippen LogP contribution in [0.25, 0.3) is 0 Å². The summed E-state index contributed by atoms with van der Waals surface area (Å²) >= 11 is 0. The molecule has 156 valence electrons. The fourth-order valence-corrected chi connectivity index (χ4v) is 4.89. The Morgan fingerprint density at radius 1 is 1.13 bits per heavy atom. The molecular weight excluding hydrogens is 380 g/mol. The van der Waals surface area contributed by atoms with E-state index in [4.69, 9.17) is 0 Å². The lowest BCUT2D eigenvalue weighted by Crippen LogP contribution is -2.52. The van der Waals surface area contributed by atoms with E-state index in [9.17, 15) is 14.4 Å². The molecule has 3 aliphatic heterocycles. The van der Waals surface area contributed by atoms with Crippen LogP contribution in [0.4, 0.5) is 0 Å². The molecule has 5 rings (SSSR count). The van der Waals surface area contributed by atoms with Crippen molar-refractivity contribution in [1.29, 1.82) is 0 Å². The van der Waals surface area contributed by atoms with Crippen LogP contribution in [0.5, 0.6) is 0 Å². The van der Waals surface area contributed by atoms with Gasteiger partial charge in [0.2, 0.25) is 11.8 Å². The first kappa shape index (κ1) is 19.3. The third-order valence-electron chi connectivity index (χ3n) is 6.84. The Morgan fingerprint density at radius 2 is 1.93 bits per heavy atom. The number of carbonyl (C=O) groups excluding carboxylic acids is 3. The Kier molecular flexibility index (Phi) is 4.84. The van der Waals surface area contributed by atoms with Crippen LogP contribution < -0.4 is 10.6 Å². The number of hydrogen-bond donors (Lipinski definition) is 2. The van der Waals surface area contributed by atoms with Crippen LogP contribution in [0.3, 0.4) is 0 Å². The minimum Gasteiger partial charge on any atom is -0.322 e. The second-order valence-corrected chi connectivity index (χ2v) is 8.67. The van der Waals surface area contributed by atoms with Gasteiger partial charge in [0, 0.05) is 62.2 Å². The van der Waals surface area contributed by atoms with E-state index in [1.165, 1.54) is 12.8 Å². The van der Waals surface area contributed by atoms with E-state index in [1.54, 1.807) is 11.0 Å². The van der Waals surface area contributed by atoms with Gasteiger partial charge in [-0.1, -0.05) is 17.9 Å². The zero-order chi connectivity index (χ0) is 20.7. The molecule has 0 aromatic heterocycles. The highest BCUT2D eigenvalue weighted by Crippen LogP contribution is 2.44. The Balaban J connectivity index is 1.32.